The number of thioether (sulfide) groups is 1. The van der Waals surface area contributed by atoms with Crippen molar-refractivity contribution in [3.63, 3.8) is 0 Å². The summed E-state index contributed by atoms with van der Waals surface area (Å²) < 4.78 is 1.20. The van der Waals surface area contributed by atoms with E-state index in [1.54, 1.807) is 0 Å². The predicted molar refractivity (Wildman–Crippen MR) is 61.9 cm³/mol. The van der Waals surface area contributed by atoms with Crippen molar-refractivity contribution in [2.45, 2.75) is 17.5 Å². The molecular weight excluding hydrogens is 246 g/mol. The highest BCUT2D eigenvalue weighted by atomic mass is 79.9. The Morgan fingerprint density at radius 3 is 2.85 bits per heavy atom. The molecule has 0 spiro atoms. The molecule has 2 atom stereocenters. The first kappa shape index (κ1) is 9.56. The molecule has 2 rings (SSSR count). The molecule has 0 bridgehead atoms. The molecule has 1 aromatic rings. The Kier molecular flexibility index (Phi) is 2.96. The van der Waals surface area contributed by atoms with E-state index in [0.717, 1.165) is 11.8 Å². The van der Waals surface area contributed by atoms with E-state index in [1.807, 2.05) is 11.8 Å². The summed E-state index contributed by atoms with van der Waals surface area (Å²) in [4.78, 5) is 0. The van der Waals surface area contributed by atoms with Crippen molar-refractivity contribution in [2.24, 2.45) is 0 Å². The number of hydrogen-bond donors (Lipinski definition) is 1. The Morgan fingerprint density at radius 1 is 1.46 bits per heavy atom. The topological polar surface area (TPSA) is 12.0 Å². The van der Waals surface area contributed by atoms with Crippen molar-refractivity contribution in [2.75, 3.05) is 6.54 Å². The summed E-state index contributed by atoms with van der Waals surface area (Å²) in [6.45, 7) is 3.37. The summed E-state index contributed by atoms with van der Waals surface area (Å²) in [5.74, 6) is 0. The van der Waals surface area contributed by atoms with Crippen molar-refractivity contribution in [1.29, 1.82) is 0 Å². The second-order valence-electron chi connectivity index (χ2n) is 3.26. The summed E-state index contributed by atoms with van der Waals surface area (Å²) in [6, 6.07) is 8.41. The zero-order valence-corrected chi connectivity index (χ0v) is 9.86. The molecule has 3 heteroatoms. The number of rotatable bonds is 1. The molecule has 70 valence electrons. The van der Waals surface area contributed by atoms with E-state index in [2.05, 4.69) is 52.4 Å². The van der Waals surface area contributed by atoms with E-state index in [0.29, 0.717) is 5.37 Å². The monoisotopic (exact) mass is 257 g/mol. The molecule has 1 saturated heterocycles. The maximum absolute atomic E-state index is 3.57. The summed E-state index contributed by atoms with van der Waals surface area (Å²) in [5, 5.41) is 4.68. The second-order valence-corrected chi connectivity index (χ2v) is 5.66. The first-order chi connectivity index (χ1) is 6.27. The third-order valence-electron chi connectivity index (χ3n) is 2.15. The van der Waals surface area contributed by atoms with E-state index in [4.69, 9.17) is 0 Å². The molecule has 2 unspecified atom stereocenters. The smallest absolute Gasteiger partial charge is 0.0803 e. The molecule has 1 aromatic carbocycles. The average Bonchev–Trinajstić information content (AvgIpc) is 2.53. The normalized spacial score (nSPS) is 27.8. The molecule has 0 amide bonds. The zero-order chi connectivity index (χ0) is 9.26. The molecule has 1 aliphatic heterocycles. The van der Waals surface area contributed by atoms with Gasteiger partial charge >= 0.3 is 0 Å². The van der Waals surface area contributed by atoms with Crippen LogP contribution in [0.3, 0.4) is 0 Å². The molecule has 1 fully saturated rings. The predicted octanol–water partition coefficient (Wildman–Crippen LogP) is 3.17. The van der Waals surface area contributed by atoms with Crippen molar-refractivity contribution in [1.82, 2.24) is 5.32 Å². The minimum Gasteiger partial charge on any atom is -0.300 e. The minimum atomic E-state index is 0.463. The van der Waals surface area contributed by atoms with Gasteiger partial charge in [0.15, 0.2) is 0 Å². The lowest BCUT2D eigenvalue weighted by molar-refractivity contribution is 0.716. The van der Waals surface area contributed by atoms with Crippen LogP contribution in [0.1, 0.15) is 17.9 Å². The van der Waals surface area contributed by atoms with Crippen LogP contribution < -0.4 is 5.32 Å². The van der Waals surface area contributed by atoms with Gasteiger partial charge in [0, 0.05) is 16.3 Å². The SMILES string of the molecule is CC1CNC(c2ccccc2Br)S1. The molecule has 1 nitrogen and oxygen atoms in total. The molecule has 0 aromatic heterocycles. The first-order valence-electron chi connectivity index (χ1n) is 4.40. The zero-order valence-electron chi connectivity index (χ0n) is 7.46. The van der Waals surface area contributed by atoms with Crippen LogP contribution in [0.15, 0.2) is 28.7 Å². The quantitative estimate of drug-likeness (QED) is 0.830. The fraction of sp³-hybridized carbons (Fsp3) is 0.400. The average molecular weight is 258 g/mol. The molecule has 13 heavy (non-hydrogen) atoms. The lowest BCUT2D eigenvalue weighted by Crippen LogP contribution is -2.14. The number of benzene rings is 1. The van der Waals surface area contributed by atoms with Crippen LogP contribution in [0.4, 0.5) is 0 Å². The molecule has 1 heterocycles. The molecule has 0 aliphatic carbocycles. The van der Waals surface area contributed by atoms with E-state index < -0.39 is 0 Å². The summed E-state index contributed by atoms with van der Waals surface area (Å²) in [7, 11) is 0. The molecular formula is C10H12BrNS. The third kappa shape index (κ3) is 2.09. The highest BCUT2D eigenvalue weighted by molar-refractivity contribution is 9.10. The molecule has 0 saturated carbocycles. The van der Waals surface area contributed by atoms with E-state index >= 15 is 0 Å². The Bertz CT molecular complexity index is 303. The Morgan fingerprint density at radius 2 is 2.23 bits per heavy atom. The van der Waals surface area contributed by atoms with Crippen molar-refractivity contribution in [3.05, 3.63) is 34.3 Å². The van der Waals surface area contributed by atoms with Crippen molar-refractivity contribution >= 4 is 27.7 Å². The Labute approximate surface area is 91.4 Å². The van der Waals surface area contributed by atoms with Gasteiger partial charge in [-0.1, -0.05) is 41.1 Å². The van der Waals surface area contributed by atoms with Gasteiger partial charge in [-0.25, -0.2) is 0 Å². The summed E-state index contributed by atoms with van der Waals surface area (Å²) in [5.41, 5.74) is 1.36. The van der Waals surface area contributed by atoms with Crippen LogP contribution >= 0.6 is 27.7 Å². The first-order valence-corrected chi connectivity index (χ1v) is 6.14. The van der Waals surface area contributed by atoms with E-state index in [1.165, 1.54) is 10.0 Å². The number of nitrogens with one attached hydrogen (secondary N) is 1. The van der Waals surface area contributed by atoms with Gasteiger partial charge < -0.3 is 5.32 Å². The van der Waals surface area contributed by atoms with Gasteiger partial charge in [0.25, 0.3) is 0 Å². The molecule has 1 N–H and O–H groups in total. The standard InChI is InChI=1S/C10H12BrNS/c1-7-6-12-10(13-7)8-4-2-3-5-9(8)11/h2-5,7,10,12H,6H2,1H3. The largest absolute Gasteiger partial charge is 0.300 e. The van der Waals surface area contributed by atoms with Gasteiger partial charge in [0.2, 0.25) is 0 Å². The van der Waals surface area contributed by atoms with Crippen LogP contribution in [-0.2, 0) is 0 Å². The van der Waals surface area contributed by atoms with Gasteiger partial charge in [-0.15, -0.1) is 11.8 Å². The number of hydrogen-bond acceptors (Lipinski definition) is 2. The van der Waals surface area contributed by atoms with Crippen LogP contribution in [0.5, 0.6) is 0 Å². The van der Waals surface area contributed by atoms with Crippen LogP contribution in [0.25, 0.3) is 0 Å². The van der Waals surface area contributed by atoms with Gasteiger partial charge in [0.1, 0.15) is 0 Å². The molecule has 0 radical (unpaired) electrons. The maximum atomic E-state index is 3.57. The van der Waals surface area contributed by atoms with Crippen molar-refractivity contribution in [3.8, 4) is 0 Å². The van der Waals surface area contributed by atoms with Gasteiger partial charge in [-0.3, -0.25) is 0 Å². The van der Waals surface area contributed by atoms with Gasteiger partial charge in [-0.2, -0.15) is 0 Å². The fourth-order valence-corrected chi connectivity index (χ4v) is 3.34. The maximum Gasteiger partial charge on any atom is 0.0803 e. The second kappa shape index (κ2) is 4.03. The van der Waals surface area contributed by atoms with Gasteiger partial charge in [0.05, 0.1) is 5.37 Å². The Hall–Kier alpha value is 0.01000. The van der Waals surface area contributed by atoms with E-state index in [-0.39, 0.29) is 0 Å². The number of halogens is 1. The summed E-state index contributed by atoms with van der Waals surface area (Å²) in [6.07, 6.45) is 0. The van der Waals surface area contributed by atoms with Crippen molar-refractivity contribution < 1.29 is 0 Å². The van der Waals surface area contributed by atoms with Gasteiger partial charge in [-0.05, 0) is 11.6 Å². The summed E-state index contributed by atoms with van der Waals surface area (Å²) >= 11 is 5.56. The minimum absolute atomic E-state index is 0.463. The Balaban J connectivity index is 2.21. The third-order valence-corrected chi connectivity index (χ3v) is 4.19. The van der Waals surface area contributed by atoms with Crippen LogP contribution in [0.2, 0.25) is 0 Å². The lowest BCUT2D eigenvalue weighted by atomic mass is 10.2. The van der Waals surface area contributed by atoms with Crippen LogP contribution in [-0.4, -0.2) is 11.8 Å². The molecule has 1 aliphatic rings. The van der Waals surface area contributed by atoms with E-state index in [9.17, 15) is 0 Å². The fourth-order valence-electron chi connectivity index (χ4n) is 1.47. The van der Waals surface area contributed by atoms with Crippen LogP contribution in [0, 0.1) is 0 Å². The highest BCUT2D eigenvalue weighted by Crippen LogP contribution is 2.37. The lowest BCUT2D eigenvalue weighted by Gasteiger charge is -2.11. The highest BCUT2D eigenvalue weighted by Gasteiger charge is 2.23.